The molecule has 0 bridgehead atoms. The minimum Gasteiger partial charge on any atom is -0.396 e. The summed E-state index contributed by atoms with van der Waals surface area (Å²) in [4.78, 5) is 22.1. The van der Waals surface area contributed by atoms with Crippen molar-refractivity contribution in [3.8, 4) is 0 Å². The van der Waals surface area contributed by atoms with Crippen LogP contribution < -0.4 is 16.2 Å². The van der Waals surface area contributed by atoms with E-state index in [9.17, 15) is 9.90 Å². The molecule has 0 saturated heterocycles. The number of aliphatic hydroxyl groups excluding tert-OH is 1. The summed E-state index contributed by atoms with van der Waals surface area (Å²) in [5.41, 5.74) is 1.06. The van der Waals surface area contributed by atoms with Crippen LogP contribution in [-0.2, 0) is 6.54 Å². The first-order chi connectivity index (χ1) is 14.1. The fourth-order valence-corrected chi connectivity index (χ4v) is 4.02. The Balaban J connectivity index is 1.75. The lowest BCUT2D eigenvalue weighted by Gasteiger charge is -2.17. The molecule has 0 aromatic carbocycles. The molecule has 1 aliphatic rings. The summed E-state index contributed by atoms with van der Waals surface area (Å²) in [6, 6.07) is 7.93. The Morgan fingerprint density at radius 2 is 2.10 bits per heavy atom. The molecule has 0 unspecified atom stereocenters. The van der Waals surface area contributed by atoms with Crippen molar-refractivity contribution in [2.45, 2.75) is 45.7 Å². The van der Waals surface area contributed by atoms with E-state index in [1.165, 1.54) is 0 Å². The topological polar surface area (TPSA) is 92.1 Å². The van der Waals surface area contributed by atoms with Gasteiger partial charge in [-0.25, -0.2) is 9.97 Å². The summed E-state index contributed by atoms with van der Waals surface area (Å²) in [6.07, 6.45) is 6.40. The second-order valence-corrected chi connectivity index (χ2v) is 7.77. The Labute approximate surface area is 169 Å². The van der Waals surface area contributed by atoms with Crippen LogP contribution in [-0.4, -0.2) is 32.3 Å². The summed E-state index contributed by atoms with van der Waals surface area (Å²) < 4.78 is 1.69. The number of nitrogens with one attached hydrogen (secondary N) is 2. The lowest BCUT2D eigenvalue weighted by atomic mass is 10.1. The minimum atomic E-state index is -0.0445. The molecule has 152 valence electrons. The summed E-state index contributed by atoms with van der Waals surface area (Å²) in [5, 5.41) is 17.6. The average Bonchev–Trinajstić information content (AvgIpc) is 3.16. The third-order valence-corrected chi connectivity index (χ3v) is 5.61. The molecule has 3 heterocycles. The molecule has 7 nitrogen and oxygen atoms in total. The molecule has 1 fully saturated rings. The van der Waals surface area contributed by atoms with Gasteiger partial charge in [-0.1, -0.05) is 0 Å². The number of fused-ring (bicyclic) bond motifs is 1. The summed E-state index contributed by atoms with van der Waals surface area (Å²) in [7, 11) is 0. The van der Waals surface area contributed by atoms with Gasteiger partial charge in [0.2, 0.25) is 0 Å². The van der Waals surface area contributed by atoms with Gasteiger partial charge in [0.05, 0.1) is 5.39 Å². The molecule has 3 aromatic rings. The van der Waals surface area contributed by atoms with Crippen LogP contribution in [0.1, 0.15) is 31.7 Å². The Hall–Kier alpha value is -2.93. The van der Waals surface area contributed by atoms with Gasteiger partial charge >= 0.3 is 0 Å². The van der Waals surface area contributed by atoms with E-state index in [1.54, 1.807) is 10.8 Å². The zero-order valence-electron chi connectivity index (χ0n) is 16.9. The fourth-order valence-electron chi connectivity index (χ4n) is 4.02. The van der Waals surface area contributed by atoms with Crippen LogP contribution in [0.2, 0.25) is 0 Å². The smallest absolute Gasteiger partial charge is 0.262 e. The van der Waals surface area contributed by atoms with Crippen molar-refractivity contribution < 1.29 is 5.11 Å². The minimum absolute atomic E-state index is 0.0445. The molecule has 0 radical (unpaired) electrons. The lowest BCUT2D eigenvalue weighted by Crippen LogP contribution is -2.23. The first-order valence-electron chi connectivity index (χ1n) is 10.2. The van der Waals surface area contributed by atoms with Crippen LogP contribution in [0.25, 0.3) is 10.8 Å². The van der Waals surface area contributed by atoms with E-state index in [1.807, 2.05) is 44.3 Å². The number of aryl methyl sites for hydroxylation is 2. The van der Waals surface area contributed by atoms with E-state index in [0.29, 0.717) is 35.3 Å². The number of nitrogens with zero attached hydrogens (tertiary/aromatic N) is 3. The second-order valence-electron chi connectivity index (χ2n) is 7.77. The van der Waals surface area contributed by atoms with Gasteiger partial charge in [-0.2, -0.15) is 0 Å². The van der Waals surface area contributed by atoms with E-state index < -0.39 is 0 Å². The van der Waals surface area contributed by atoms with Crippen LogP contribution >= 0.6 is 0 Å². The number of pyridine rings is 3. The standard InChI is InChI=1S/C22H27N5O2/c1-3-27-9-7-16-12-19(25-18-10-14(2)6-8-23-18)26-21(20(16)22(27)29)24-17-5-4-15(11-17)13-28/h6-10,12,15,17,28H,3-5,11,13H2,1-2H3,(H2,23,24,25,26)/t15-,17-/m0/s1. The number of hydrogen-bond donors (Lipinski definition) is 3. The zero-order valence-corrected chi connectivity index (χ0v) is 16.9. The Morgan fingerprint density at radius 1 is 1.24 bits per heavy atom. The number of rotatable bonds is 6. The number of anilines is 3. The molecule has 3 N–H and O–H groups in total. The van der Waals surface area contributed by atoms with Crippen molar-refractivity contribution in [2.24, 2.45) is 5.92 Å². The predicted octanol–water partition coefficient (Wildman–Crippen LogP) is 3.44. The molecule has 1 saturated carbocycles. The highest BCUT2D eigenvalue weighted by molar-refractivity contribution is 5.93. The number of hydrogen-bond acceptors (Lipinski definition) is 6. The SMILES string of the molecule is CCn1ccc2cc(Nc3cc(C)ccn3)nc(N[C@H]3CC[C@H](CO)C3)c2c1=O. The monoisotopic (exact) mass is 393 g/mol. The molecular weight excluding hydrogens is 366 g/mol. The maximum absolute atomic E-state index is 13.0. The van der Waals surface area contributed by atoms with Crippen molar-refractivity contribution in [1.82, 2.24) is 14.5 Å². The Kier molecular flexibility index (Phi) is 5.49. The molecule has 1 aliphatic carbocycles. The van der Waals surface area contributed by atoms with E-state index >= 15 is 0 Å². The van der Waals surface area contributed by atoms with Crippen molar-refractivity contribution in [1.29, 1.82) is 0 Å². The van der Waals surface area contributed by atoms with Crippen molar-refractivity contribution >= 4 is 28.2 Å². The van der Waals surface area contributed by atoms with Crippen LogP contribution in [0, 0.1) is 12.8 Å². The molecular formula is C22H27N5O2. The van der Waals surface area contributed by atoms with E-state index in [2.05, 4.69) is 15.6 Å². The van der Waals surface area contributed by atoms with Crippen LogP contribution in [0.15, 0.2) is 41.5 Å². The van der Waals surface area contributed by atoms with Gasteiger partial charge in [-0.05, 0) is 74.2 Å². The summed E-state index contributed by atoms with van der Waals surface area (Å²) in [5.74, 6) is 2.26. The number of aromatic nitrogens is 3. The molecule has 0 aliphatic heterocycles. The Morgan fingerprint density at radius 3 is 2.83 bits per heavy atom. The molecule has 0 spiro atoms. The number of aliphatic hydroxyl groups is 1. The third kappa shape index (κ3) is 4.10. The van der Waals surface area contributed by atoms with Gasteiger partial charge < -0.3 is 20.3 Å². The molecule has 4 rings (SSSR count). The zero-order chi connectivity index (χ0) is 20.4. The van der Waals surface area contributed by atoms with Crippen molar-refractivity contribution in [3.63, 3.8) is 0 Å². The molecule has 7 heteroatoms. The lowest BCUT2D eigenvalue weighted by molar-refractivity contribution is 0.229. The first-order valence-corrected chi connectivity index (χ1v) is 10.2. The maximum atomic E-state index is 13.0. The molecule has 0 amide bonds. The quantitative estimate of drug-likeness (QED) is 0.594. The van der Waals surface area contributed by atoms with Crippen LogP contribution in [0.4, 0.5) is 17.5 Å². The Bertz CT molecular complexity index is 1080. The second kappa shape index (κ2) is 8.21. The van der Waals surface area contributed by atoms with Gasteiger partial charge in [-0.3, -0.25) is 4.79 Å². The van der Waals surface area contributed by atoms with Gasteiger partial charge in [0.1, 0.15) is 17.5 Å². The van der Waals surface area contributed by atoms with Crippen LogP contribution in [0.5, 0.6) is 0 Å². The van der Waals surface area contributed by atoms with Crippen molar-refractivity contribution in [3.05, 3.63) is 52.6 Å². The van der Waals surface area contributed by atoms with Gasteiger partial charge in [0.25, 0.3) is 5.56 Å². The van der Waals surface area contributed by atoms with Gasteiger partial charge in [0, 0.05) is 31.6 Å². The van der Waals surface area contributed by atoms with Gasteiger partial charge in [0.15, 0.2) is 0 Å². The van der Waals surface area contributed by atoms with E-state index in [0.717, 1.165) is 30.2 Å². The normalized spacial score (nSPS) is 18.9. The average molecular weight is 393 g/mol. The summed E-state index contributed by atoms with van der Waals surface area (Å²) >= 11 is 0. The van der Waals surface area contributed by atoms with Gasteiger partial charge in [-0.15, -0.1) is 0 Å². The molecule has 3 aromatic heterocycles. The maximum Gasteiger partial charge on any atom is 0.262 e. The van der Waals surface area contributed by atoms with E-state index in [4.69, 9.17) is 4.98 Å². The predicted molar refractivity (Wildman–Crippen MR) is 116 cm³/mol. The molecule has 2 atom stereocenters. The van der Waals surface area contributed by atoms with E-state index in [-0.39, 0.29) is 18.2 Å². The first kappa shape index (κ1) is 19.4. The van der Waals surface area contributed by atoms with Crippen molar-refractivity contribution in [2.75, 3.05) is 17.2 Å². The summed E-state index contributed by atoms with van der Waals surface area (Å²) in [6.45, 7) is 4.78. The largest absolute Gasteiger partial charge is 0.396 e. The highest BCUT2D eigenvalue weighted by Gasteiger charge is 2.25. The van der Waals surface area contributed by atoms with Crippen LogP contribution in [0.3, 0.4) is 0 Å². The highest BCUT2D eigenvalue weighted by Crippen LogP contribution is 2.30. The molecule has 29 heavy (non-hydrogen) atoms. The fraction of sp³-hybridized carbons (Fsp3) is 0.409. The highest BCUT2D eigenvalue weighted by atomic mass is 16.3. The third-order valence-electron chi connectivity index (χ3n) is 5.61.